The Morgan fingerprint density at radius 2 is 2.19 bits per heavy atom. The van der Waals surface area contributed by atoms with Crippen LogP contribution in [0.5, 0.6) is 5.75 Å². The molecule has 1 saturated heterocycles. The van der Waals surface area contributed by atoms with Gasteiger partial charge in [-0.3, -0.25) is 4.79 Å². The molecule has 1 fully saturated rings. The average Bonchev–Trinajstić information content (AvgIpc) is 3.13. The summed E-state index contributed by atoms with van der Waals surface area (Å²) in [6, 6.07) is 8.80. The van der Waals surface area contributed by atoms with E-state index in [0.717, 1.165) is 12.0 Å². The van der Waals surface area contributed by atoms with Crippen molar-refractivity contribution in [1.82, 2.24) is 9.88 Å². The predicted molar refractivity (Wildman–Crippen MR) is 93.7 cm³/mol. The smallest absolute Gasteiger partial charge is 0.356 e. The Bertz CT molecular complexity index is 904. The number of hydrogen-bond donors (Lipinski definition) is 0. The SMILES string of the molecule is COC(=O)c1cc(OCC(=O)N2CCCC2C#N)c2ccc(C)cc2n1. The van der Waals surface area contributed by atoms with Gasteiger partial charge in [-0.1, -0.05) is 6.07 Å². The van der Waals surface area contributed by atoms with E-state index in [0.29, 0.717) is 29.6 Å². The maximum absolute atomic E-state index is 12.4. The highest BCUT2D eigenvalue weighted by atomic mass is 16.5. The molecule has 0 radical (unpaired) electrons. The van der Waals surface area contributed by atoms with Gasteiger partial charge in [0.15, 0.2) is 12.3 Å². The highest BCUT2D eigenvalue weighted by Crippen LogP contribution is 2.27. The zero-order valence-electron chi connectivity index (χ0n) is 14.7. The van der Waals surface area contributed by atoms with Crippen molar-refractivity contribution in [2.45, 2.75) is 25.8 Å². The van der Waals surface area contributed by atoms with Crippen LogP contribution in [0.15, 0.2) is 24.3 Å². The number of hydrogen-bond acceptors (Lipinski definition) is 6. The molecule has 0 aliphatic carbocycles. The summed E-state index contributed by atoms with van der Waals surface area (Å²) in [5.41, 5.74) is 1.69. The van der Waals surface area contributed by atoms with E-state index in [2.05, 4.69) is 11.1 Å². The van der Waals surface area contributed by atoms with Crippen LogP contribution in [0.4, 0.5) is 0 Å². The number of pyridine rings is 1. The zero-order valence-corrected chi connectivity index (χ0v) is 14.7. The fourth-order valence-corrected chi connectivity index (χ4v) is 3.06. The van der Waals surface area contributed by atoms with Gasteiger partial charge in [0.25, 0.3) is 5.91 Å². The van der Waals surface area contributed by atoms with Crippen LogP contribution in [0.25, 0.3) is 10.9 Å². The molecule has 0 bridgehead atoms. The Morgan fingerprint density at radius 1 is 1.38 bits per heavy atom. The van der Waals surface area contributed by atoms with Gasteiger partial charge in [0.1, 0.15) is 11.8 Å². The van der Waals surface area contributed by atoms with E-state index in [1.54, 1.807) is 0 Å². The minimum Gasteiger partial charge on any atom is -0.483 e. The largest absolute Gasteiger partial charge is 0.483 e. The third kappa shape index (κ3) is 3.45. The van der Waals surface area contributed by atoms with E-state index in [1.165, 1.54) is 18.1 Å². The molecule has 1 atom stereocenters. The molecule has 1 amide bonds. The van der Waals surface area contributed by atoms with Crippen LogP contribution in [-0.2, 0) is 9.53 Å². The first-order valence-electron chi connectivity index (χ1n) is 8.35. The number of likely N-dealkylation sites (tertiary alicyclic amines) is 1. The van der Waals surface area contributed by atoms with E-state index >= 15 is 0 Å². The molecule has 1 aromatic heterocycles. The van der Waals surface area contributed by atoms with Crippen LogP contribution < -0.4 is 4.74 Å². The number of carbonyl (C=O) groups excluding carboxylic acids is 2. The van der Waals surface area contributed by atoms with Crippen molar-refractivity contribution in [3.05, 3.63) is 35.5 Å². The molecule has 3 rings (SSSR count). The first-order chi connectivity index (χ1) is 12.5. The summed E-state index contributed by atoms with van der Waals surface area (Å²) in [5, 5.41) is 9.82. The molecular weight excluding hydrogens is 334 g/mol. The Hall–Kier alpha value is -3.14. The molecule has 134 valence electrons. The lowest BCUT2D eigenvalue weighted by Gasteiger charge is -2.20. The number of nitrogens with zero attached hydrogens (tertiary/aromatic N) is 3. The van der Waals surface area contributed by atoms with Gasteiger partial charge in [0.2, 0.25) is 0 Å². The Balaban J connectivity index is 1.87. The number of ether oxygens (including phenoxy) is 2. The van der Waals surface area contributed by atoms with Crippen LogP contribution in [-0.4, -0.2) is 48.1 Å². The van der Waals surface area contributed by atoms with E-state index in [4.69, 9.17) is 14.7 Å². The van der Waals surface area contributed by atoms with Gasteiger partial charge in [-0.25, -0.2) is 9.78 Å². The number of benzene rings is 1. The Kier molecular flexibility index (Phi) is 5.03. The molecule has 2 heterocycles. The fourth-order valence-electron chi connectivity index (χ4n) is 3.06. The molecule has 2 aromatic rings. The number of methoxy groups -OCH3 is 1. The second-order valence-electron chi connectivity index (χ2n) is 6.18. The lowest BCUT2D eigenvalue weighted by atomic mass is 10.1. The summed E-state index contributed by atoms with van der Waals surface area (Å²) in [7, 11) is 1.28. The highest BCUT2D eigenvalue weighted by Gasteiger charge is 2.28. The summed E-state index contributed by atoms with van der Waals surface area (Å²) >= 11 is 0. The normalized spacial score (nSPS) is 16.3. The molecule has 7 heteroatoms. The lowest BCUT2D eigenvalue weighted by molar-refractivity contribution is -0.133. The third-order valence-corrected chi connectivity index (χ3v) is 4.40. The van der Waals surface area contributed by atoms with Crippen molar-refractivity contribution < 1.29 is 19.1 Å². The van der Waals surface area contributed by atoms with E-state index in [1.807, 2.05) is 25.1 Å². The molecule has 0 saturated carbocycles. The van der Waals surface area contributed by atoms with Crippen molar-refractivity contribution >= 4 is 22.8 Å². The third-order valence-electron chi connectivity index (χ3n) is 4.40. The number of fused-ring (bicyclic) bond motifs is 1. The lowest BCUT2D eigenvalue weighted by Crippen LogP contribution is -2.37. The van der Waals surface area contributed by atoms with E-state index in [-0.39, 0.29) is 18.2 Å². The highest BCUT2D eigenvalue weighted by molar-refractivity contribution is 5.94. The molecule has 1 aliphatic heterocycles. The molecule has 0 N–H and O–H groups in total. The van der Waals surface area contributed by atoms with Gasteiger partial charge in [0, 0.05) is 18.0 Å². The Morgan fingerprint density at radius 3 is 2.92 bits per heavy atom. The topological polar surface area (TPSA) is 92.5 Å². The quantitative estimate of drug-likeness (QED) is 0.783. The van der Waals surface area contributed by atoms with Crippen molar-refractivity contribution in [3.63, 3.8) is 0 Å². The van der Waals surface area contributed by atoms with E-state index < -0.39 is 12.0 Å². The number of rotatable bonds is 4. The molecule has 1 aliphatic rings. The first-order valence-corrected chi connectivity index (χ1v) is 8.35. The number of nitriles is 1. The van der Waals surface area contributed by atoms with Gasteiger partial charge < -0.3 is 14.4 Å². The number of carbonyl (C=O) groups is 2. The second-order valence-corrected chi connectivity index (χ2v) is 6.18. The average molecular weight is 353 g/mol. The number of esters is 1. The molecule has 7 nitrogen and oxygen atoms in total. The summed E-state index contributed by atoms with van der Waals surface area (Å²) in [6.45, 7) is 2.28. The maximum Gasteiger partial charge on any atom is 0.356 e. The number of aromatic nitrogens is 1. The molecule has 1 aromatic carbocycles. The minimum atomic E-state index is -0.575. The van der Waals surface area contributed by atoms with Crippen molar-refractivity contribution in [2.24, 2.45) is 0 Å². The monoisotopic (exact) mass is 353 g/mol. The van der Waals surface area contributed by atoms with Crippen LogP contribution in [0.2, 0.25) is 0 Å². The predicted octanol–water partition coefficient (Wildman–Crippen LogP) is 2.22. The van der Waals surface area contributed by atoms with Gasteiger partial charge in [-0.15, -0.1) is 0 Å². The van der Waals surface area contributed by atoms with Crippen LogP contribution in [0, 0.1) is 18.3 Å². The molecule has 26 heavy (non-hydrogen) atoms. The van der Waals surface area contributed by atoms with Gasteiger partial charge in [0.05, 0.1) is 18.7 Å². The van der Waals surface area contributed by atoms with Crippen LogP contribution in [0.3, 0.4) is 0 Å². The van der Waals surface area contributed by atoms with Crippen LogP contribution in [0.1, 0.15) is 28.9 Å². The molecule has 1 unspecified atom stereocenters. The van der Waals surface area contributed by atoms with E-state index in [9.17, 15) is 9.59 Å². The van der Waals surface area contributed by atoms with Crippen molar-refractivity contribution in [1.29, 1.82) is 5.26 Å². The standard InChI is InChI=1S/C19H19N3O4/c1-12-5-6-14-15(8-12)21-16(19(24)25-2)9-17(14)26-11-18(23)22-7-3-4-13(22)10-20/h5-6,8-9,13H,3-4,7,11H2,1-2H3. The van der Waals surface area contributed by atoms with Gasteiger partial charge in [-0.2, -0.15) is 5.26 Å². The number of amides is 1. The Labute approximate surface area is 151 Å². The maximum atomic E-state index is 12.4. The van der Waals surface area contributed by atoms with Crippen molar-refractivity contribution in [2.75, 3.05) is 20.3 Å². The summed E-state index contributed by atoms with van der Waals surface area (Å²) in [6.07, 6.45) is 1.50. The van der Waals surface area contributed by atoms with Gasteiger partial charge >= 0.3 is 5.97 Å². The minimum absolute atomic E-state index is 0.115. The fraction of sp³-hybridized carbons (Fsp3) is 0.368. The van der Waals surface area contributed by atoms with Crippen LogP contribution >= 0.6 is 0 Å². The first kappa shape index (κ1) is 17.7. The molecule has 0 spiro atoms. The summed E-state index contributed by atoms with van der Waals surface area (Å²) < 4.78 is 10.5. The van der Waals surface area contributed by atoms with Crippen molar-refractivity contribution in [3.8, 4) is 11.8 Å². The summed E-state index contributed by atoms with van der Waals surface area (Å²) in [5.74, 6) is -0.434. The second kappa shape index (κ2) is 7.40. The number of aryl methyl sites for hydroxylation is 1. The zero-order chi connectivity index (χ0) is 18.7. The summed E-state index contributed by atoms with van der Waals surface area (Å²) in [4.78, 5) is 30.1. The molecular formula is C19H19N3O4. The van der Waals surface area contributed by atoms with Gasteiger partial charge in [-0.05, 0) is 37.5 Å².